The molecule has 0 fully saturated rings. The molecule has 7 nitrogen and oxygen atoms in total. The number of amides is 1. The van der Waals surface area contributed by atoms with Gasteiger partial charge in [0.05, 0.1) is 26.0 Å². The van der Waals surface area contributed by atoms with Crippen LogP contribution in [0, 0.1) is 0 Å². The van der Waals surface area contributed by atoms with Gasteiger partial charge < -0.3 is 14.4 Å². The van der Waals surface area contributed by atoms with Crippen LogP contribution < -0.4 is 4.74 Å². The second-order valence-corrected chi connectivity index (χ2v) is 6.79. The van der Waals surface area contributed by atoms with Crippen LogP contribution in [0.2, 0.25) is 0 Å². The number of ether oxygens (including phenoxy) is 2. The summed E-state index contributed by atoms with van der Waals surface area (Å²) in [5.74, 6) is 0.645. The molecular weight excluding hydrogens is 356 g/mol. The molecule has 1 atom stereocenters. The zero-order valence-electron chi connectivity index (χ0n) is 15.9. The molecule has 0 aliphatic carbocycles. The Labute approximate surface area is 163 Å². The lowest BCUT2D eigenvalue weighted by Gasteiger charge is -2.25. The minimum absolute atomic E-state index is 0.134. The Balaban J connectivity index is 1.47. The Morgan fingerprint density at radius 2 is 1.96 bits per heavy atom. The molecule has 0 spiro atoms. The zero-order chi connectivity index (χ0) is 19.5. The normalized spacial score (nSPS) is 15.7. The van der Waals surface area contributed by atoms with E-state index in [4.69, 9.17) is 9.47 Å². The maximum absolute atomic E-state index is 12.8. The minimum atomic E-state index is -0.156. The summed E-state index contributed by atoms with van der Waals surface area (Å²) in [6, 6.07) is 17.6. The first-order valence-corrected chi connectivity index (χ1v) is 9.13. The van der Waals surface area contributed by atoms with Gasteiger partial charge in [0.15, 0.2) is 5.69 Å². The average molecular weight is 378 g/mol. The predicted octanol–water partition coefficient (Wildman–Crippen LogP) is 2.83. The summed E-state index contributed by atoms with van der Waals surface area (Å²) in [6.45, 7) is 1.33. The summed E-state index contributed by atoms with van der Waals surface area (Å²) in [4.78, 5) is 14.5. The van der Waals surface area contributed by atoms with Crippen molar-refractivity contribution in [3.8, 4) is 5.75 Å². The number of fused-ring (bicyclic) bond motifs is 1. The Bertz CT molecular complexity index is 954. The monoisotopic (exact) mass is 378 g/mol. The number of hydrogen-bond acceptors (Lipinski definition) is 5. The summed E-state index contributed by atoms with van der Waals surface area (Å²) in [6.07, 6.45) is -0.134. The van der Waals surface area contributed by atoms with Gasteiger partial charge in [-0.2, -0.15) is 0 Å². The van der Waals surface area contributed by atoms with Crippen molar-refractivity contribution in [2.75, 3.05) is 14.2 Å². The molecule has 0 bridgehead atoms. The zero-order valence-corrected chi connectivity index (χ0v) is 15.9. The number of nitrogens with zero attached hydrogens (tertiary/aromatic N) is 4. The lowest BCUT2D eigenvalue weighted by atomic mass is 10.1. The number of carbonyl (C=O) groups excluding carboxylic acids is 1. The molecule has 0 saturated carbocycles. The van der Waals surface area contributed by atoms with Crippen LogP contribution in [0.15, 0.2) is 54.6 Å². The lowest BCUT2D eigenvalue weighted by molar-refractivity contribution is -0.00194. The van der Waals surface area contributed by atoms with Gasteiger partial charge in [0.25, 0.3) is 5.91 Å². The summed E-state index contributed by atoms with van der Waals surface area (Å²) >= 11 is 0. The van der Waals surface area contributed by atoms with Crippen LogP contribution in [-0.2, 0) is 24.4 Å². The topological polar surface area (TPSA) is 69.5 Å². The SMILES string of the molecule is COc1ccc([C@H]2Cn3nnc(C(=O)N(C)Cc4ccccc4)c3CO2)cc1. The van der Waals surface area contributed by atoms with E-state index < -0.39 is 0 Å². The van der Waals surface area contributed by atoms with E-state index in [1.165, 1.54) is 0 Å². The van der Waals surface area contributed by atoms with Crippen LogP contribution >= 0.6 is 0 Å². The van der Waals surface area contributed by atoms with Crippen molar-refractivity contribution in [1.82, 2.24) is 19.9 Å². The molecule has 2 heterocycles. The van der Waals surface area contributed by atoms with E-state index in [2.05, 4.69) is 10.3 Å². The van der Waals surface area contributed by atoms with Gasteiger partial charge in [-0.3, -0.25) is 4.79 Å². The van der Waals surface area contributed by atoms with Crippen LogP contribution in [0.3, 0.4) is 0 Å². The molecule has 144 valence electrons. The van der Waals surface area contributed by atoms with Gasteiger partial charge in [0.2, 0.25) is 0 Å². The molecule has 28 heavy (non-hydrogen) atoms. The van der Waals surface area contributed by atoms with Crippen LogP contribution in [0.5, 0.6) is 5.75 Å². The summed E-state index contributed by atoms with van der Waals surface area (Å²) in [5, 5.41) is 8.33. The van der Waals surface area contributed by atoms with Gasteiger partial charge in [-0.25, -0.2) is 4.68 Å². The quantitative estimate of drug-likeness (QED) is 0.683. The molecule has 0 unspecified atom stereocenters. The number of carbonyl (C=O) groups is 1. The van der Waals surface area contributed by atoms with Crippen LogP contribution in [0.4, 0.5) is 0 Å². The standard InChI is InChI=1S/C21H22N4O3/c1-24(12-15-6-4-3-5-7-15)21(26)20-18-14-28-19(13-25(18)23-22-20)16-8-10-17(27-2)11-9-16/h3-11,19H,12-14H2,1-2H3/t19-/m1/s1. The van der Waals surface area contributed by atoms with Gasteiger partial charge in [-0.1, -0.05) is 47.7 Å². The molecule has 0 radical (unpaired) electrons. The number of methoxy groups -OCH3 is 1. The first-order chi connectivity index (χ1) is 13.7. The molecular formula is C21H22N4O3. The van der Waals surface area contributed by atoms with E-state index >= 15 is 0 Å². The Morgan fingerprint density at radius 1 is 1.21 bits per heavy atom. The Hall–Kier alpha value is -3.19. The van der Waals surface area contributed by atoms with Gasteiger partial charge in [-0.05, 0) is 23.3 Å². The van der Waals surface area contributed by atoms with Gasteiger partial charge in [0, 0.05) is 13.6 Å². The average Bonchev–Trinajstić information content (AvgIpc) is 3.17. The smallest absolute Gasteiger partial charge is 0.276 e. The van der Waals surface area contributed by atoms with E-state index in [9.17, 15) is 4.79 Å². The van der Waals surface area contributed by atoms with Crippen molar-refractivity contribution in [2.24, 2.45) is 0 Å². The largest absolute Gasteiger partial charge is 0.497 e. The second kappa shape index (κ2) is 7.82. The summed E-state index contributed by atoms with van der Waals surface area (Å²) < 4.78 is 13.0. The fourth-order valence-corrected chi connectivity index (χ4v) is 3.31. The van der Waals surface area contributed by atoms with E-state index in [1.54, 1.807) is 23.7 Å². The van der Waals surface area contributed by atoms with Gasteiger partial charge >= 0.3 is 0 Å². The molecule has 1 amide bonds. The van der Waals surface area contributed by atoms with E-state index in [-0.39, 0.29) is 12.0 Å². The maximum atomic E-state index is 12.8. The third-order valence-corrected chi connectivity index (χ3v) is 4.90. The first kappa shape index (κ1) is 18.2. The summed E-state index contributed by atoms with van der Waals surface area (Å²) in [5.41, 5.74) is 3.17. The van der Waals surface area contributed by atoms with Crippen LogP contribution in [-0.4, -0.2) is 40.0 Å². The molecule has 3 aromatic rings. The number of benzene rings is 2. The van der Waals surface area contributed by atoms with E-state index in [0.29, 0.717) is 25.4 Å². The number of hydrogen-bond donors (Lipinski definition) is 0. The molecule has 4 rings (SSSR count). The van der Waals surface area contributed by atoms with Crippen molar-refractivity contribution < 1.29 is 14.3 Å². The Kier molecular flexibility index (Phi) is 5.08. The van der Waals surface area contributed by atoms with E-state index in [1.807, 2.05) is 54.6 Å². The highest BCUT2D eigenvalue weighted by atomic mass is 16.5. The first-order valence-electron chi connectivity index (χ1n) is 9.13. The predicted molar refractivity (Wildman–Crippen MR) is 103 cm³/mol. The molecule has 1 aliphatic heterocycles. The van der Waals surface area contributed by atoms with Gasteiger partial charge in [-0.15, -0.1) is 5.10 Å². The van der Waals surface area contributed by atoms with Crippen LogP contribution in [0.1, 0.15) is 33.4 Å². The molecule has 2 aromatic carbocycles. The molecule has 1 aromatic heterocycles. The highest BCUT2D eigenvalue weighted by Gasteiger charge is 2.29. The molecule has 0 N–H and O–H groups in total. The number of rotatable bonds is 5. The number of aromatic nitrogens is 3. The molecule has 0 saturated heterocycles. The fraction of sp³-hybridized carbons (Fsp3) is 0.286. The summed E-state index contributed by atoms with van der Waals surface area (Å²) in [7, 11) is 3.41. The highest BCUT2D eigenvalue weighted by Crippen LogP contribution is 2.28. The highest BCUT2D eigenvalue weighted by molar-refractivity contribution is 5.93. The van der Waals surface area contributed by atoms with Crippen LogP contribution in [0.25, 0.3) is 0 Å². The second-order valence-electron chi connectivity index (χ2n) is 6.79. The Morgan fingerprint density at radius 3 is 2.68 bits per heavy atom. The fourth-order valence-electron chi connectivity index (χ4n) is 3.31. The maximum Gasteiger partial charge on any atom is 0.276 e. The van der Waals surface area contributed by atoms with Crippen molar-refractivity contribution in [3.63, 3.8) is 0 Å². The minimum Gasteiger partial charge on any atom is -0.497 e. The molecule has 7 heteroatoms. The third-order valence-electron chi connectivity index (χ3n) is 4.90. The molecule has 1 aliphatic rings. The van der Waals surface area contributed by atoms with Crippen molar-refractivity contribution in [2.45, 2.75) is 25.8 Å². The van der Waals surface area contributed by atoms with Crippen molar-refractivity contribution >= 4 is 5.91 Å². The van der Waals surface area contributed by atoms with Gasteiger partial charge in [0.1, 0.15) is 11.9 Å². The third kappa shape index (κ3) is 3.61. The van der Waals surface area contributed by atoms with Crippen molar-refractivity contribution in [1.29, 1.82) is 0 Å². The van der Waals surface area contributed by atoms with Crippen molar-refractivity contribution in [3.05, 3.63) is 77.1 Å². The van der Waals surface area contributed by atoms with E-state index in [0.717, 1.165) is 22.6 Å². The lowest BCUT2D eigenvalue weighted by Crippen LogP contribution is -2.29.